The summed E-state index contributed by atoms with van der Waals surface area (Å²) in [6.45, 7) is 2.11. The Labute approximate surface area is 58.9 Å². The predicted octanol–water partition coefficient (Wildman–Crippen LogP) is -0.816. The summed E-state index contributed by atoms with van der Waals surface area (Å²) in [6.07, 6.45) is 0.504. The summed E-state index contributed by atoms with van der Waals surface area (Å²) in [5, 5.41) is 20.6. The number of carbonyl (C=O) groups is 1. The molecule has 4 heteroatoms. The van der Waals surface area contributed by atoms with E-state index >= 15 is 0 Å². The molecule has 0 saturated carbocycles. The third kappa shape index (κ3) is 1.12. The van der Waals surface area contributed by atoms with E-state index in [0.29, 0.717) is 13.0 Å². The maximum Gasteiger partial charge on any atom is 0.323 e. The van der Waals surface area contributed by atoms with Gasteiger partial charge < -0.3 is 15.5 Å². The summed E-state index contributed by atoms with van der Waals surface area (Å²) in [5.41, 5.74) is -1.08. The lowest BCUT2D eigenvalue weighted by atomic mass is 9.98. The van der Waals surface area contributed by atoms with Crippen LogP contribution in [0.1, 0.15) is 13.3 Å². The molecule has 58 valence electrons. The topological polar surface area (TPSA) is 69.6 Å². The Morgan fingerprint density at radius 3 is 2.60 bits per heavy atom. The minimum atomic E-state index is -1.08. The van der Waals surface area contributed by atoms with Crippen LogP contribution in [0.3, 0.4) is 0 Å². The van der Waals surface area contributed by atoms with Crippen molar-refractivity contribution in [3.05, 3.63) is 0 Å². The number of aliphatic hydroxyl groups is 1. The van der Waals surface area contributed by atoms with Gasteiger partial charge in [-0.05, 0) is 19.9 Å². The van der Waals surface area contributed by atoms with Crippen molar-refractivity contribution in [2.45, 2.75) is 25.0 Å². The smallest absolute Gasteiger partial charge is 0.323 e. The zero-order valence-electron chi connectivity index (χ0n) is 5.79. The molecule has 1 heterocycles. The van der Waals surface area contributed by atoms with Crippen molar-refractivity contribution < 1.29 is 15.0 Å². The average molecular weight is 145 g/mol. The average Bonchev–Trinajstić information content (AvgIpc) is 2.08. The normalized spacial score (nSPS) is 40.0. The van der Waals surface area contributed by atoms with E-state index < -0.39 is 17.6 Å². The largest absolute Gasteiger partial charge is 0.480 e. The van der Waals surface area contributed by atoms with E-state index in [1.807, 2.05) is 0 Å². The molecule has 10 heavy (non-hydrogen) atoms. The van der Waals surface area contributed by atoms with E-state index in [4.69, 9.17) is 5.11 Å². The number of carboxylic acid groups (broad SMARTS) is 1. The molecule has 1 fully saturated rings. The number of hydrogen-bond donors (Lipinski definition) is 3. The van der Waals surface area contributed by atoms with Crippen molar-refractivity contribution in [1.82, 2.24) is 5.32 Å². The number of aliphatic carboxylic acids is 1. The van der Waals surface area contributed by atoms with Crippen molar-refractivity contribution in [1.29, 1.82) is 0 Å². The molecule has 0 amide bonds. The molecular formula is C6H11NO3. The molecule has 2 unspecified atom stereocenters. The van der Waals surface area contributed by atoms with Crippen LogP contribution >= 0.6 is 0 Å². The Morgan fingerprint density at radius 2 is 2.40 bits per heavy atom. The Morgan fingerprint density at radius 1 is 1.80 bits per heavy atom. The maximum atomic E-state index is 10.4. The molecule has 0 aromatic carbocycles. The van der Waals surface area contributed by atoms with Crippen molar-refractivity contribution in [2.75, 3.05) is 6.54 Å². The van der Waals surface area contributed by atoms with Crippen LogP contribution in [0.2, 0.25) is 0 Å². The molecule has 4 nitrogen and oxygen atoms in total. The first-order chi connectivity index (χ1) is 4.54. The van der Waals surface area contributed by atoms with Crippen molar-refractivity contribution in [3.63, 3.8) is 0 Å². The van der Waals surface area contributed by atoms with Gasteiger partial charge in [-0.25, -0.2) is 0 Å². The van der Waals surface area contributed by atoms with Gasteiger partial charge in [-0.15, -0.1) is 0 Å². The first kappa shape index (κ1) is 7.50. The van der Waals surface area contributed by atoms with Gasteiger partial charge >= 0.3 is 5.97 Å². The molecule has 0 aromatic heterocycles. The van der Waals surface area contributed by atoms with Crippen LogP contribution in [0, 0.1) is 0 Å². The van der Waals surface area contributed by atoms with Crippen LogP contribution in [0.5, 0.6) is 0 Å². The summed E-state index contributed by atoms with van der Waals surface area (Å²) >= 11 is 0. The van der Waals surface area contributed by atoms with Crippen LogP contribution in [0.15, 0.2) is 0 Å². The van der Waals surface area contributed by atoms with Gasteiger partial charge in [0.2, 0.25) is 0 Å². The van der Waals surface area contributed by atoms with E-state index in [-0.39, 0.29) is 0 Å². The van der Waals surface area contributed by atoms with Crippen LogP contribution < -0.4 is 5.32 Å². The van der Waals surface area contributed by atoms with Gasteiger partial charge in [-0.1, -0.05) is 0 Å². The first-order valence-corrected chi connectivity index (χ1v) is 3.22. The molecule has 0 aromatic rings. The summed E-state index contributed by atoms with van der Waals surface area (Å²) < 4.78 is 0. The molecule has 0 bridgehead atoms. The van der Waals surface area contributed by atoms with Gasteiger partial charge in [-0.2, -0.15) is 0 Å². The van der Waals surface area contributed by atoms with Gasteiger partial charge in [0.25, 0.3) is 0 Å². The van der Waals surface area contributed by atoms with Crippen LogP contribution in [0.4, 0.5) is 0 Å². The maximum absolute atomic E-state index is 10.4. The van der Waals surface area contributed by atoms with Crippen molar-refractivity contribution in [3.8, 4) is 0 Å². The second-order valence-electron chi connectivity index (χ2n) is 2.83. The second-order valence-corrected chi connectivity index (χ2v) is 2.83. The molecule has 1 saturated heterocycles. The fraction of sp³-hybridized carbons (Fsp3) is 0.833. The zero-order chi connectivity index (χ0) is 7.78. The van der Waals surface area contributed by atoms with E-state index in [1.165, 1.54) is 6.92 Å². The standard InChI is InChI=1S/C6H11NO3/c1-6(10)2-3-7-4(6)5(8)9/h4,7,10H,2-3H2,1H3,(H,8,9). The van der Waals surface area contributed by atoms with Crippen molar-refractivity contribution >= 4 is 5.97 Å². The molecule has 1 aliphatic rings. The summed E-state index contributed by atoms with van der Waals surface area (Å²) in [7, 11) is 0. The lowest BCUT2D eigenvalue weighted by molar-refractivity contribution is -0.144. The third-order valence-corrected chi connectivity index (χ3v) is 1.85. The Balaban J connectivity index is 2.68. The quantitative estimate of drug-likeness (QED) is 0.451. The number of carboxylic acids is 1. The zero-order valence-corrected chi connectivity index (χ0v) is 5.79. The molecule has 1 aliphatic heterocycles. The summed E-state index contributed by atoms with van der Waals surface area (Å²) in [5.74, 6) is -0.984. The van der Waals surface area contributed by atoms with E-state index in [0.717, 1.165) is 0 Å². The van der Waals surface area contributed by atoms with Gasteiger partial charge in [0, 0.05) is 0 Å². The minimum Gasteiger partial charge on any atom is -0.480 e. The highest BCUT2D eigenvalue weighted by atomic mass is 16.4. The predicted molar refractivity (Wildman–Crippen MR) is 34.7 cm³/mol. The highest BCUT2D eigenvalue weighted by Crippen LogP contribution is 2.19. The Bertz CT molecular complexity index is 155. The highest BCUT2D eigenvalue weighted by Gasteiger charge is 2.41. The molecule has 0 spiro atoms. The third-order valence-electron chi connectivity index (χ3n) is 1.85. The molecule has 0 aliphatic carbocycles. The van der Waals surface area contributed by atoms with Gasteiger partial charge in [0.1, 0.15) is 6.04 Å². The van der Waals surface area contributed by atoms with Gasteiger partial charge in [0.05, 0.1) is 5.60 Å². The lowest BCUT2D eigenvalue weighted by Crippen LogP contribution is -2.46. The van der Waals surface area contributed by atoms with Gasteiger partial charge in [-0.3, -0.25) is 4.79 Å². The van der Waals surface area contributed by atoms with Crippen LogP contribution in [-0.2, 0) is 4.79 Å². The molecule has 3 N–H and O–H groups in total. The van der Waals surface area contributed by atoms with Crippen LogP contribution in [-0.4, -0.2) is 34.4 Å². The van der Waals surface area contributed by atoms with Crippen LogP contribution in [0.25, 0.3) is 0 Å². The molecular weight excluding hydrogens is 134 g/mol. The number of rotatable bonds is 1. The van der Waals surface area contributed by atoms with E-state index in [9.17, 15) is 9.90 Å². The lowest BCUT2D eigenvalue weighted by Gasteiger charge is -2.20. The fourth-order valence-corrected chi connectivity index (χ4v) is 1.19. The van der Waals surface area contributed by atoms with Gasteiger partial charge in [0.15, 0.2) is 0 Å². The summed E-state index contributed by atoms with van der Waals surface area (Å²) in [6, 6.07) is -0.799. The summed E-state index contributed by atoms with van der Waals surface area (Å²) in [4.78, 5) is 10.4. The Kier molecular flexibility index (Phi) is 1.66. The Hall–Kier alpha value is -0.610. The molecule has 2 atom stereocenters. The number of nitrogens with one attached hydrogen (secondary N) is 1. The molecule has 0 radical (unpaired) electrons. The first-order valence-electron chi connectivity index (χ1n) is 3.22. The van der Waals surface area contributed by atoms with E-state index in [2.05, 4.69) is 5.32 Å². The monoisotopic (exact) mass is 145 g/mol. The minimum absolute atomic E-state index is 0.504. The second kappa shape index (κ2) is 2.21. The SMILES string of the molecule is CC1(O)CCNC1C(=O)O. The van der Waals surface area contributed by atoms with Crippen molar-refractivity contribution in [2.24, 2.45) is 0 Å². The van der Waals surface area contributed by atoms with E-state index in [1.54, 1.807) is 0 Å². The number of hydrogen-bond acceptors (Lipinski definition) is 3. The highest BCUT2D eigenvalue weighted by molar-refractivity contribution is 5.75. The fourth-order valence-electron chi connectivity index (χ4n) is 1.19. The molecule has 1 rings (SSSR count).